The second-order valence-corrected chi connectivity index (χ2v) is 9.90. The van der Waals surface area contributed by atoms with Crippen LogP contribution in [0.25, 0.3) is 0 Å². The Kier molecular flexibility index (Phi) is 7.65. The molecule has 2 amide bonds. The second kappa shape index (κ2) is 9.56. The molecule has 11 heteroatoms. The van der Waals surface area contributed by atoms with Crippen LogP contribution in [0.2, 0.25) is 0 Å². The van der Waals surface area contributed by atoms with E-state index in [0.717, 1.165) is 0 Å². The van der Waals surface area contributed by atoms with Crippen molar-refractivity contribution in [3.63, 3.8) is 0 Å². The van der Waals surface area contributed by atoms with Crippen molar-refractivity contribution in [1.82, 2.24) is 4.90 Å². The second-order valence-electron chi connectivity index (χ2n) is 9.90. The molecular formula is C22H34N2O9. The lowest BCUT2D eigenvalue weighted by atomic mass is 9.92. The average Bonchev–Trinajstić information content (AvgIpc) is 3.17. The minimum Gasteiger partial charge on any atom is -0.464 e. The first kappa shape index (κ1) is 26.4. The monoisotopic (exact) mass is 470 g/mol. The Labute approximate surface area is 193 Å². The number of nitrogens with zero attached hydrogens (tertiary/aromatic N) is 2. The molecule has 1 aliphatic carbocycles. The van der Waals surface area contributed by atoms with Gasteiger partial charge < -0.3 is 23.8 Å². The normalized spacial score (nSPS) is 24.2. The first-order valence-electron chi connectivity index (χ1n) is 11.0. The molecular weight excluding hydrogens is 436 g/mol. The van der Waals surface area contributed by atoms with Gasteiger partial charge in [0.05, 0.1) is 19.1 Å². The number of esters is 2. The standard InChI is InChI=1S/C22H34N2O9/c1-9-29-16(25)15-13-11-22(17(26)30-10-2,12-14(13)33-23-15)24(18(27)31-20(3,4)5)19(28)32-21(6,7)8/h13-14H,9-12H2,1-8H3/t13-,14+,22-/m1/s1. The van der Waals surface area contributed by atoms with Crippen LogP contribution in [0.5, 0.6) is 0 Å². The summed E-state index contributed by atoms with van der Waals surface area (Å²) >= 11 is 0. The lowest BCUT2D eigenvalue weighted by molar-refractivity contribution is -0.157. The van der Waals surface area contributed by atoms with Crippen LogP contribution < -0.4 is 0 Å². The van der Waals surface area contributed by atoms with E-state index in [2.05, 4.69) is 5.16 Å². The predicted octanol–water partition coefficient (Wildman–Crippen LogP) is 3.19. The van der Waals surface area contributed by atoms with Crippen molar-refractivity contribution < 1.29 is 43.0 Å². The third-order valence-electron chi connectivity index (χ3n) is 4.90. The van der Waals surface area contributed by atoms with Crippen LogP contribution in [-0.2, 0) is 33.4 Å². The number of amides is 2. The Balaban J connectivity index is 2.54. The summed E-state index contributed by atoms with van der Waals surface area (Å²) < 4.78 is 21.2. The first-order chi connectivity index (χ1) is 15.1. The number of ether oxygens (including phenoxy) is 4. The number of carbonyl (C=O) groups is 4. The van der Waals surface area contributed by atoms with Crippen LogP contribution in [0.1, 0.15) is 68.2 Å². The Morgan fingerprint density at radius 1 is 0.939 bits per heavy atom. The molecule has 2 aliphatic rings. The molecule has 0 saturated heterocycles. The molecule has 0 aromatic carbocycles. The molecule has 0 spiro atoms. The molecule has 1 heterocycles. The van der Waals surface area contributed by atoms with Gasteiger partial charge in [0.1, 0.15) is 17.3 Å². The smallest absolute Gasteiger partial charge is 0.420 e. The number of fused-ring (bicyclic) bond motifs is 1. The predicted molar refractivity (Wildman–Crippen MR) is 115 cm³/mol. The Bertz CT molecular complexity index is 797. The molecule has 11 nitrogen and oxygen atoms in total. The zero-order chi connectivity index (χ0) is 25.2. The van der Waals surface area contributed by atoms with Crippen molar-refractivity contribution in [3.8, 4) is 0 Å². The Hall–Kier alpha value is -2.85. The van der Waals surface area contributed by atoms with Gasteiger partial charge in [0.25, 0.3) is 0 Å². The fourth-order valence-corrected chi connectivity index (χ4v) is 3.77. The van der Waals surface area contributed by atoms with E-state index in [1.54, 1.807) is 55.4 Å². The highest BCUT2D eigenvalue weighted by atomic mass is 16.7. The SMILES string of the molecule is CCOC(=O)C1=NO[C@H]2C[C@](C(=O)OCC)(N(C(=O)OC(C)(C)C)C(=O)OC(C)(C)C)C[C@@H]12. The fourth-order valence-electron chi connectivity index (χ4n) is 3.77. The third kappa shape index (κ3) is 5.94. The van der Waals surface area contributed by atoms with Gasteiger partial charge in [0, 0.05) is 6.42 Å². The van der Waals surface area contributed by atoms with E-state index in [1.165, 1.54) is 0 Å². The van der Waals surface area contributed by atoms with Gasteiger partial charge >= 0.3 is 24.1 Å². The van der Waals surface area contributed by atoms with Crippen molar-refractivity contribution in [3.05, 3.63) is 0 Å². The van der Waals surface area contributed by atoms with Crippen molar-refractivity contribution in [1.29, 1.82) is 0 Å². The van der Waals surface area contributed by atoms with Crippen LogP contribution in [0.15, 0.2) is 5.16 Å². The summed E-state index contributed by atoms with van der Waals surface area (Å²) in [6, 6.07) is 0. The maximum Gasteiger partial charge on any atom is 0.420 e. The summed E-state index contributed by atoms with van der Waals surface area (Å²) in [7, 11) is 0. The van der Waals surface area contributed by atoms with Crippen LogP contribution in [0.3, 0.4) is 0 Å². The largest absolute Gasteiger partial charge is 0.464 e. The van der Waals surface area contributed by atoms with Gasteiger partial charge in [-0.05, 0) is 61.8 Å². The molecule has 2 rings (SSSR count). The molecule has 1 aliphatic heterocycles. The molecule has 186 valence electrons. The van der Waals surface area contributed by atoms with Crippen LogP contribution in [-0.4, -0.2) is 70.8 Å². The van der Waals surface area contributed by atoms with Crippen molar-refractivity contribution in [2.75, 3.05) is 13.2 Å². The summed E-state index contributed by atoms with van der Waals surface area (Å²) in [6.07, 6.45) is -3.20. The first-order valence-corrected chi connectivity index (χ1v) is 11.0. The number of hydrogen-bond donors (Lipinski definition) is 0. The van der Waals surface area contributed by atoms with E-state index < -0.39 is 52.9 Å². The van der Waals surface area contributed by atoms with E-state index in [0.29, 0.717) is 4.90 Å². The van der Waals surface area contributed by atoms with E-state index in [1.807, 2.05) is 0 Å². The zero-order valence-electron chi connectivity index (χ0n) is 20.6. The van der Waals surface area contributed by atoms with Gasteiger partial charge in [-0.2, -0.15) is 4.90 Å². The number of hydrogen-bond acceptors (Lipinski definition) is 10. The average molecular weight is 471 g/mol. The number of oxime groups is 1. The molecule has 3 atom stereocenters. The minimum absolute atomic E-state index is 0.00603. The maximum absolute atomic E-state index is 13.3. The molecule has 1 fully saturated rings. The van der Waals surface area contributed by atoms with E-state index >= 15 is 0 Å². The quantitative estimate of drug-likeness (QED) is 0.439. The van der Waals surface area contributed by atoms with Gasteiger partial charge in [-0.1, -0.05) is 5.16 Å². The van der Waals surface area contributed by atoms with Crippen molar-refractivity contribution >= 4 is 29.8 Å². The highest BCUT2D eigenvalue weighted by molar-refractivity contribution is 6.37. The summed E-state index contributed by atoms with van der Waals surface area (Å²) in [5.74, 6) is -2.21. The lowest BCUT2D eigenvalue weighted by Crippen LogP contribution is -2.61. The number of imide groups is 1. The summed E-state index contributed by atoms with van der Waals surface area (Å²) in [5, 5.41) is 3.82. The molecule has 0 aromatic heterocycles. The van der Waals surface area contributed by atoms with E-state index in [4.69, 9.17) is 23.8 Å². The molecule has 0 radical (unpaired) electrons. The number of rotatable bonds is 5. The fraction of sp³-hybridized carbons (Fsp3) is 0.773. The highest BCUT2D eigenvalue weighted by Gasteiger charge is 2.64. The van der Waals surface area contributed by atoms with Crippen LogP contribution in [0, 0.1) is 5.92 Å². The minimum atomic E-state index is -1.83. The Morgan fingerprint density at radius 2 is 1.45 bits per heavy atom. The topological polar surface area (TPSA) is 130 Å². The number of carbonyl (C=O) groups excluding carboxylic acids is 4. The third-order valence-corrected chi connectivity index (χ3v) is 4.90. The van der Waals surface area contributed by atoms with Gasteiger partial charge in [0.15, 0.2) is 11.3 Å². The van der Waals surface area contributed by atoms with Gasteiger partial charge in [-0.15, -0.1) is 0 Å². The Morgan fingerprint density at radius 3 is 1.91 bits per heavy atom. The summed E-state index contributed by atoms with van der Waals surface area (Å²) in [6.45, 7) is 13.2. The molecule has 1 saturated carbocycles. The van der Waals surface area contributed by atoms with Gasteiger partial charge in [-0.25, -0.2) is 19.2 Å². The molecule has 0 N–H and O–H groups in total. The molecule has 0 bridgehead atoms. The zero-order valence-corrected chi connectivity index (χ0v) is 20.6. The molecule has 0 aromatic rings. The van der Waals surface area contributed by atoms with Gasteiger partial charge in [-0.3, -0.25) is 0 Å². The summed E-state index contributed by atoms with van der Waals surface area (Å²) in [5.41, 5.74) is -3.77. The van der Waals surface area contributed by atoms with Crippen molar-refractivity contribution in [2.24, 2.45) is 11.1 Å². The van der Waals surface area contributed by atoms with Crippen molar-refractivity contribution in [2.45, 2.75) is 91.1 Å². The van der Waals surface area contributed by atoms with E-state index in [9.17, 15) is 19.2 Å². The molecule has 0 unspecified atom stereocenters. The maximum atomic E-state index is 13.3. The lowest BCUT2D eigenvalue weighted by Gasteiger charge is -2.38. The van der Waals surface area contributed by atoms with Crippen LogP contribution in [0.4, 0.5) is 9.59 Å². The van der Waals surface area contributed by atoms with E-state index in [-0.39, 0.29) is 31.8 Å². The molecule has 33 heavy (non-hydrogen) atoms. The van der Waals surface area contributed by atoms with Gasteiger partial charge in [0.2, 0.25) is 0 Å². The summed E-state index contributed by atoms with van der Waals surface area (Å²) in [4.78, 5) is 58.2. The van der Waals surface area contributed by atoms with Crippen LogP contribution >= 0.6 is 0 Å². The highest BCUT2D eigenvalue weighted by Crippen LogP contribution is 2.46.